The summed E-state index contributed by atoms with van der Waals surface area (Å²) in [4.78, 5) is 0. The Morgan fingerprint density at radius 3 is 2.32 bits per heavy atom. The average molecular weight is 481 g/mol. The van der Waals surface area contributed by atoms with E-state index in [9.17, 15) is 5.11 Å². The lowest BCUT2D eigenvalue weighted by Crippen LogP contribution is -2.52. The summed E-state index contributed by atoms with van der Waals surface area (Å²) >= 11 is 0. The molecule has 34 heavy (non-hydrogen) atoms. The Hall–Kier alpha value is -1.24. The predicted octanol–water partition coefficient (Wildman–Crippen LogP) is 7.82. The highest BCUT2D eigenvalue weighted by atomic mass is 28.3. The molecule has 0 aromatic heterocycles. The second kappa shape index (κ2) is 9.01. The molecular weight excluding hydrogens is 432 g/mol. The van der Waals surface area contributed by atoms with Gasteiger partial charge in [-0.1, -0.05) is 67.0 Å². The summed E-state index contributed by atoms with van der Waals surface area (Å²) in [7, 11) is -0.122. The minimum absolute atomic E-state index is 0.198. The van der Waals surface area contributed by atoms with Crippen LogP contribution in [0.3, 0.4) is 0 Å². The van der Waals surface area contributed by atoms with Gasteiger partial charge in [-0.05, 0) is 89.6 Å². The fourth-order valence-corrected chi connectivity index (χ4v) is 14.2. The zero-order chi connectivity index (χ0) is 25.1. The molecule has 2 nitrogen and oxygen atoms in total. The van der Waals surface area contributed by atoms with Crippen molar-refractivity contribution in [3.8, 4) is 11.5 Å². The summed E-state index contributed by atoms with van der Waals surface area (Å²) in [6, 6.07) is 0. The molecule has 4 aliphatic carbocycles. The maximum absolute atomic E-state index is 12.3. The summed E-state index contributed by atoms with van der Waals surface area (Å²) in [5.41, 5.74) is 6.80. The van der Waals surface area contributed by atoms with Gasteiger partial charge in [-0.2, -0.15) is 0 Å². The molecule has 3 heteroatoms. The van der Waals surface area contributed by atoms with Gasteiger partial charge in [-0.3, -0.25) is 0 Å². The van der Waals surface area contributed by atoms with Gasteiger partial charge in [-0.25, -0.2) is 0 Å². The third-order valence-electron chi connectivity index (χ3n) is 10.9. The van der Waals surface area contributed by atoms with Crippen LogP contribution in [0.5, 0.6) is 0 Å². The Kier molecular flexibility index (Phi) is 6.84. The standard InChI is InChI=1S/C31H48O2Si/c1-20(2)34(21(3)4,22(5)6)17-16-31(32)23(7)18-29-28-12-10-24-19-25(33-9)11-13-26(24)27(28)14-15-30(29,31)8/h10,19-22,26-29,32H,7,11-15,18H2,1-6,8-9H3/t26-,27+,28+,29-,30-,31-/m0/s1. The Labute approximate surface area is 210 Å². The minimum Gasteiger partial charge on any atom is -0.501 e. The SMILES string of the molecule is C=C1C[C@H]2[C@@H]3CC=C4C=C(OC)CC[C@@H]4[C@H]3CC[C@]2(C)[C@]1(O)C#C[Si](C(C)C)(C(C)C)C(C)C. The first-order valence-electron chi connectivity index (χ1n) is 13.8. The van der Waals surface area contributed by atoms with E-state index >= 15 is 0 Å². The molecule has 0 amide bonds. The number of hydrogen-bond donors (Lipinski definition) is 1. The van der Waals surface area contributed by atoms with Crippen LogP contribution in [0.1, 0.15) is 87.0 Å². The molecular formula is C31H48O2Si. The van der Waals surface area contributed by atoms with Crippen LogP contribution >= 0.6 is 0 Å². The second-order valence-electron chi connectivity index (χ2n) is 13.0. The zero-order valence-electron chi connectivity index (χ0n) is 23.0. The van der Waals surface area contributed by atoms with Gasteiger partial charge >= 0.3 is 0 Å². The van der Waals surface area contributed by atoms with Crippen molar-refractivity contribution in [1.29, 1.82) is 0 Å². The van der Waals surface area contributed by atoms with E-state index in [0.29, 0.717) is 40.3 Å². The van der Waals surface area contributed by atoms with Crippen LogP contribution in [0, 0.1) is 40.6 Å². The van der Waals surface area contributed by atoms with Crippen molar-refractivity contribution >= 4 is 8.07 Å². The number of fused-ring (bicyclic) bond motifs is 5. The quantitative estimate of drug-likeness (QED) is 0.252. The fourth-order valence-electron chi connectivity index (χ4n) is 8.92. The summed E-state index contributed by atoms with van der Waals surface area (Å²) in [6.07, 6.45) is 11.3. The Bertz CT molecular complexity index is 922. The number of aliphatic hydroxyl groups is 1. The zero-order valence-corrected chi connectivity index (χ0v) is 24.0. The number of ether oxygens (including phenoxy) is 1. The molecule has 2 saturated carbocycles. The molecule has 4 rings (SSSR count). The van der Waals surface area contributed by atoms with Crippen LogP contribution in [-0.2, 0) is 4.74 Å². The first-order valence-corrected chi connectivity index (χ1v) is 16.0. The average Bonchev–Trinajstić information content (AvgIpc) is 2.99. The monoisotopic (exact) mass is 480 g/mol. The molecule has 0 aromatic carbocycles. The van der Waals surface area contributed by atoms with Crippen molar-refractivity contribution < 1.29 is 9.84 Å². The molecule has 1 N–H and O–H groups in total. The Morgan fingerprint density at radius 2 is 1.74 bits per heavy atom. The lowest BCUT2D eigenvalue weighted by molar-refractivity contribution is -0.0717. The maximum Gasteiger partial charge on any atom is 0.151 e. The highest BCUT2D eigenvalue weighted by molar-refractivity contribution is 6.90. The number of methoxy groups -OCH3 is 1. The van der Waals surface area contributed by atoms with E-state index in [4.69, 9.17) is 4.74 Å². The lowest BCUT2D eigenvalue weighted by Gasteiger charge is -2.53. The first-order chi connectivity index (χ1) is 15.9. The van der Waals surface area contributed by atoms with Crippen molar-refractivity contribution in [3.05, 3.63) is 35.6 Å². The topological polar surface area (TPSA) is 29.5 Å². The lowest BCUT2D eigenvalue weighted by atomic mass is 9.51. The van der Waals surface area contributed by atoms with Crippen LogP contribution in [-0.4, -0.2) is 25.9 Å². The molecule has 0 spiro atoms. The predicted molar refractivity (Wildman–Crippen MR) is 146 cm³/mol. The highest BCUT2D eigenvalue weighted by Gasteiger charge is 2.63. The smallest absolute Gasteiger partial charge is 0.151 e. The van der Waals surface area contributed by atoms with Crippen LogP contribution in [0.2, 0.25) is 16.6 Å². The van der Waals surface area contributed by atoms with E-state index in [1.807, 2.05) is 0 Å². The summed E-state index contributed by atoms with van der Waals surface area (Å²) in [5.74, 6) is 7.22. The molecule has 0 radical (unpaired) electrons. The van der Waals surface area contributed by atoms with Crippen molar-refractivity contribution in [2.45, 2.75) is 109 Å². The van der Waals surface area contributed by atoms with Gasteiger partial charge in [0.1, 0.15) is 8.07 Å². The molecule has 6 atom stereocenters. The van der Waals surface area contributed by atoms with Crippen molar-refractivity contribution in [3.63, 3.8) is 0 Å². The minimum atomic E-state index is -1.92. The third kappa shape index (κ3) is 3.62. The Morgan fingerprint density at radius 1 is 1.09 bits per heavy atom. The molecule has 0 bridgehead atoms. The molecule has 0 aromatic rings. The van der Waals surface area contributed by atoms with E-state index in [-0.39, 0.29) is 5.41 Å². The normalized spacial score (nSPS) is 37.5. The van der Waals surface area contributed by atoms with Crippen molar-refractivity contribution in [2.75, 3.05) is 7.11 Å². The van der Waals surface area contributed by atoms with E-state index in [1.54, 1.807) is 7.11 Å². The maximum atomic E-state index is 12.3. The van der Waals surface area contributed by atoms with Gasteiger partial charge in [0, 0.05) is 11.8 Å². The second-order valence-corrected chi connectivity index (χ2v) is 18.5. The summed E-state index contributed by atoms with van der Waals surface area (Å²) < 4.78 is 5.57. The van der Waals surface area contributed by atoms with Crippen LogP contribution in [0.25, 0.3) is 0 Å². The van der Waals surface area contributed by atoms with E-state index in [2.05, 4.69) is 78.7 Å². The van der Waals surface area contributed by atoms with Gasteiger partial charge in [0.05, 0.1) is 12.9 Å². The van der Waals surface area contributed by atoms with Gasteiger partial charge in [0.25, 0.3) is 0 Å². The fraction of sp³-hybridized carbons (Fsp3) is 0.742. The molecule has 0 heterocycles. The van der Waals surface area contributed by atoms with Crippen molar-refractivity contribution in [2.24, 2.45) is 29.1 Å². The van der Waals surface area contributed by atoms with E-state index in [0.717, 1.165) is 37.0 Å². The molecule has 0 saturated heterocycles. The molecule has 0 aliphatic heterocycles. The van der Waals surface area contributed by atoms with Gasteiger partial charge < -0.3 is 9.84 Å². The number of rotatable bonds is 4. The van der Waals surface area contributed by atoms with E-state index in [1.165, 1.54) is 18.4 Å². The summed E-state index contributed by atoms with van der Waals surface area (Å²) in [6.45, 7) is 20.9. The van der Waals surface area contributed by atoms with Gasteiger partial charge in [-0.15, -0.1) is 5.54 Å². The summed E-state index contributed by atoms with van der Waals surface area (Å²) in [5, 5.41) is 12.3. The van der Waals surface area contributed by atoms with Gasteiger partial charge in [0.2, 0.25) is 0 Å². The molecule has 0 unspecified atom stereocenters. The molecule has 188 valence electrons. The van der Waals surface area contributed by atoms with Crippen LogP contribution < -0.4 is 0 Å². The van der Waals surface area contributed by atoms with E-state index < -0.39 is 13.7 Å². The first kappa shape index (κ1) is 25.8. The van der Waals surface area contributed by atoms with Crippen LogP contribution in [0.15, 0.2) is 35.6 Å². The molecule has 2 fully saturated rings. The third-order valence-corrected chi connectivity index (χ3v) is 17.2. The van der Waals surface area contributed by atoms with Gasteiger partial charge in [0.15, 0.2) is 5.60 Å². The largest absolute Gasteiger partial charge is 0.501 e. The van der Waals surface area contributed by atoms with Crippen LogP contribution in [0.4, 0.5) is 0 Å². The number of hydrogen-bond acceptors (Lipinski definition) is 2. The van der Waals surface area contributed by atoms with Crippen molar-refractivity contribution in [1.82, 2.24) is 0 Å². The molecule has 4 aliphatic rings. The Balaban J connectivity index is 1.69. The number of allylic oxidation sites excluding steroid dienone is 4. The highest BCUT2D eigenvalue weighted by Crippen LogP contribution is 2.65.